The number of ether oxygens (including phenoxy) is 1. The second kappa shape index (κ2) is 6.76. The highest BCUT2D eigenvalue weighted by molar-refractivity contribution is 5.88. The Bertz CT molecular complexity index is 406. The van der Waals surface area contributed by atoms with Crippen LogP contribution < -0.4 is 11.1 Å². The quantitative estimate of drug-likeness (QED) is 0.756. The van der Waals surface area contributed by atoms with Gasteiger partial charge in [0.05, 0.1) is 13.2 Å². The van der Waals surface area contributed by atoms with Crippen LogP contribution in [-0.2, 0) is 14.3 Å². The van der Waals surface area contributed by atoms with Gasteiger partial charge in [0.25, 0.3) is 0 Å². The number of hydrogen-bond donors (Lipinski definition) is 2. The van der Waals surface area contributed by atoms with Gasteiger partial charge >= 0.3 is 5.97 Å². The first-order valence-corrected chi connectivity index (χ1v) is 5.78. The molecule has 1 rings (SSSR count). The molecule has 0 saturated heterocycles. The first kappa shape index (κ1) is 14.2. The highest BCUT2D eigenvalue weighted by Crippen LogP contribution is 2.14. The number of methoxy groups -OCH3 is 1. The molecule has 0 saturated carbocycles. The predicted molar refractivity (Wildman–Crippen MR) is 67.6 cm³/mol. The van der Waals surface area contributed by atoms with Crippen LogP contribution in [0.3, 0.4) is 0 Å². The average Bonchev–Trinajstić information content (AvgIpc) is 2.43. The van der Waals surface area contributed by atoms with Gasteiger partial charge in [0.1, 0.15) is 0 Å². The van der Waals surface area contributed by atoms with Crippen LogP contribution in [0.4, 0.5) is 0 Å². The van der Waals surface area contributed by atoms with Crippen LogP contribution in [0.5, 0.6) is 0 Å². The van der Waals surface area contributed by atoms with Gasteiger partial charge in [-0.05, 0) is 12.0 Å². The summed E-state index contributed by atoms with van der Waals surface area (Å²) in [6.45, 7) is 1.81. The lowest BCUT2D eigenvalue weighted by atomic mass is 10.1. The lowest BCUT2D eigenvalue weighted by molar-refractivity contribution is -0.145. The lowest BCUT2D eigenvalue weighted by Gasteiger charge is -2.18. The fourth-order valence-corrected chi connectivity index (χ4v) is 1.48. The van der Waals surface area contributed by atoms with E-state index in [4.69, 9.17) is 5.73 Å². The van der Waals surface area contributed by atoms with Crippen LogP contribution in [0, 0.1) is 0 Å². The molecule has 5 nitrogen and oxygen atoms in total. The summed E-state index contributed by atoms with van der Waals surface area (Å²) in [4.78, 5) is 23.4. The van der Waals surface area contributed by atoms with Gasteiger partial charge in [-0.1, -0.05) is 37.3 Å². The molecule has 0 radical (unpaired) electrons. The largest absolute Gasteiger partial charge is 0.467 e. The lowest BCUT2D eigenvalue weighted by Crippen LogP contribution is -2.44. The highest BCUT2D eigenvalue weighted by atomic mass is 16.5. The van der Waals surface area contributed by atoms with E-state index in [-0.39, 0.29) is 5.91 Å². The standard InChI is InChI=1S/C13H18N2O3/c1-3-10(14)12(16)15-11(13(17)18-2)9-7-5-4-6-8-9/h4-8,10-11H,3,14H2,1-2H3,(H,15,16)/t10-,11?/m0/s1. The Morgan fingerprint density at radius 1 is 1.33 bits per heavy atom. The van der Waals surface area contributed by atoms with Gasteiger partial charge in [-0.3, -0.25) is 4.79 Å². The monoisotopic (exact) mass is 250 g/mol. The summed E-state index contributed by atoms with van der Waals surface area (Å²) in [5.74, 6) is -0.880. The second-order valence-corrected chi connectivity index (χ2v) is 3.89. The van der Waals surface area contributed by atoms with Crippen molar-refractivity contribution >= 4 is 11.9 Å². The van der Waals surface area contributed by atoms with Crippen molar-refractivity contribution < 1.29 is 14.3 Å². The Balaban J connectivity index is 2.87. The van der Waals surface area contributed by atoms with Crippen LogP contribution in [0.1, 0.15) is 24.9 Å². The van der Waals surface area contributed by atoms with Gasteiger partial charge in [-0.25, -0.2) is 4.79 Å². The SMILES string of the molecule is CC[C@H](N)C(=O)NC(C(=O)OC)c1ccccc1. The van der Waals surface area contributed by atoms with E-state index in [1.165, 1.54) is 7.11 Å². The van der Waals surface area contributed by atoms with Crippen LogP contribution in [0.2, 0.25) is 0 Å². The number of esters is 1. The first-order valence-electron chi connectivity index (χ1n) is 5.78. The summed E-state index contributed by atoms with van der Waals surface area (Å²) >= 11 is 0. The van der Waals surface area contributed by atoms with Crippen LogP contribution >= 0.6 is 0 Å². The first-order chi connectivity index (χ1) is 8.60. The van der Waals surface area contributed by atoms with Gasteiger partial charge in [0.15, 0.2) is 6.04 Å². The summed E-state index contributed by atoms with van der Waals surface area (Å²) in [7, 11) is 1.28. The van der Waals surface area contributed by atoms with E-state index >= 15 is 0 Å². The van der Waals surface area contributed by atoms with Gasteiger partial charge in [-0.2, -0.15) is 0 Å². The fraction of sp³-hybridized carbons (Fsp3) is 0.385. The molecule has 0 aromatic heterocycles. The average molecular weight is 250 g/mol. The molecule has 0 fully saturated rings. The molecule has 2 atom stereocenters. The van der Waals surface area contributed by atoms with E-state index in [1.807, 2.05) is 6.07 Å². The van der Waals surface area contributed by atoms with Crippen molar-refractivity contribution in [1.82, 2.24) is 5.32 Å². The molecule has 1 aromatic carbocycles. The van der Waals surface area contributed by atoms with Crippen molar-refractivity contribution in [3.63, 3.8) is 0 Å². The van der Waals surface area contributed by atoms with E-state index in [0.29, 0.717) is 12.0 Å². The van der Waals surface area contributed by atoms with Crippen molar-refractivity contribution in [3.8, 4) is 0 Å². The molecule has 98 valence electrons. The van der Waals surface area contributed by atoms with Crippen LogP contribution in [-0.4, -0.2) is 25.0 Å². The van der Waals surface area contributed by atoms with Crippen molar-refractivity contribution in [1.29, 1.82) is 0 Å². The van der Waals surface area contributed by atoms with Gasteiger partial charge in [-0.15, -0.1) is 0 Å². The van der Waals surface area contributed by atoms with Crippen molar-refractivity contribution in [2.24, 2.45) is 5.73 Å². The number of nitrogens with one attached hydrogen (secondary N) is 1. The van der Waals surface area contributed by atoms with Gasteiger partial charge in [0.2, 0.25) is 5.91 Å². The summed E-state index contributed by atoms with van der Waals surface area (Å²) < 4.78 is 4.69. The summed E-state index contributed by atoms with van der Waals surface area (Å²) in [5, 5.41) is 2.60. The number of benzene rings is 1. The van der Waals surface area contributed by atoms with Crippen LogP contribution in [0.15, 0.2) is 30.3 Å². The molecule has 1 unspecified atom stereocenters. The third-order valence-electron chi connectivity index (χ3n) is 2.63. The number of carbonyl (C=O) groups excluding carboxylic acids is 2. The van der Waals surface area contributed by atoms with E-state index in [0.717, 1.165) is 0 Å². The molecule has 0 aliphatic carbocycles. The molecular weight excluding hydrogens is 232 g/mol. The van der Waals surface area contributed by atoms with Gasteiger partial charge in [0, 0.05) is 0 Å². The predicted octanol–water partition coefficient (Wildman–Crippen LogP) is 0.754. The van der Waals surface area contributed by atoms with Crippen molar-refractivity contribution in [2.45, 2.75) is 25.4 Å². The van der Waals surface area contributed by atoms with E-state index < -0.39 is 18.1 Å². The highest BCUT2D eigenvalue weighted by Gasteiger charge is 2.25. The number of nitrogens with two attached hydrogens (primary N) is 1. The zero-order chi connectivity index (χ0) is 13.5. The minimum Gasteiger partial charge on any atom is -0.467 e. The Morgan fingerprint density at radius 3 is 2.44 bits per heavy atom. The molecular formula is C13H18N2O3. The molecule has 0 spiro atoms. The van der Waals surface area contributed by atoms with Crippen molar-refractivity contribution in [2.75, 3.05) is 7.11 Å². The molecule has 0 aliphatic heterocycles. The zero-order valence-electron chi connectivity index (χ0n) is 10.6. The van der Waals surface area contributed by atoms with Crippen molar-refractivity contribution in [3.05, 3.63) is 35.9 Å². The molecule has 0 heterocycles. The molecule has 0 bridgehead atoms. The number of amides is 1. The second-order valence-electron chi connectivity index (χ2n) is 3.89. The normalized spacial score (nSPS) is 13.5. The molecule has 18 heavy (non-hydrogen) atoms. The topological polar surface area (TPSA) is 81.4 Å². The maximum absolute atomic E-state index is 11.7. The maximum atomic E-state index is 11.7. The minimum absolute atomic E-state index is 0.364. The third-order valence-corrected chi connectivity index (χ3v) is 2.63. The van der Waals surface area contributed by atoms with E-state index in [9.17, 15) is 9.59 Å². The zero-order valence-corrected chi connectivity index (χ0v) is 10.6. The fourth-order valence-electron chi connectivity index (χ4n) is 1.48. The summed E-state index contributed by atoms with van der Waals surface area (Å²) in [6, 6.07) is 7.46. The van der Waals surface area contributed by atoms with Crippen LogP contribution in [0.25, 0.3) is 0 Å². The Morgan fingerprint density at radius 2 is 1.94 bits per heavy atom. The van der Waals surface area contributed by atoms with E-state index in [1.54, 1.807) is 31.2 Å². The maximum Gasteiger partial charge on any atom is 0.333 e. The minimum atomic E-state index is -0.818. The number of hydrogen-bond acceptors (Lipinski definition) is 4. The summed E-state index contributed by atoms with van der Waals surface area (Å²) in [6.07, 6.45) is 0.508. The Kier molecular flexibility index (Phi) is 5.32. The smallest absolute Gasteiger partial charge is 0.333 e. The summed E-state index contributed by atoms with van der Waals surface area (Å²) in [5.41, 5.74) is 6.29. The van der Waals surface area contributed by atoms with E-state index in [2.05, 4.69) is 10.1 Å². The molecule has 0 aliphatic rings. The molecule has 3 N–H and O–H groups in total. The molecule has 1 aromatic rings. The molecule has 5 heteroatoms. The third kappa shape index (κ3) is 3.56. The number of rotatable bonds is 5. The number of carbonyl (C=O) groups is 2. The van der Waals surface area contributed by atoms with Gasteiger partial charge < -0.3 is 15.8 Å². The molecule has 1 amide bonds. The Labute approximate surface area is 106 Å². The Hall–Kier alpha value is -1.88.